The summed E-state index contributed by atoms with van der Waals surface area (Å²) in [6.07, 6.45) is 6.64. The summed E-state index contributed by atoms with van der Waals surface area (Å²) in [5.41, 5.74) is 7.84. The zero-order chi connectivity index (χ0) is 14.7. The molecule has 1 saturated carbocycles. The molecule has 22 heavy (non-hydrogen) atoms. The number of rotatable bonds is 5. The third-order valence-corrected chi connectivity index (χ3v) is 4.17. The maximum Gasteiger partial charge on any atom is 0.188 e. The van der Waals surface area contributed by atoms with E-state index >= 15 is 0 Å². The summed E-state index contributed by atoms with van der Waals surface area (Å²) in [5, 5.41) is 4.20. The fraction of sp³-hybridized carbons (Fsp3) is 0.438. The number of nitrogens with two attached hydrogens (primary N) is 1. The van der Waals surface area contributed by atoms with E-state index in [9.17, 15) is 4.39 Å². The molecule has 1 aromatic heterocycles. The van der Waals surface area contributed by atoms with Gasteiger partial charge in [-0.1, -0.05) is 6.42 Å². The van der Waals surface area contributed by atoms with Crippen LogP contribution in [0.3, 0.4) is 0 Å². The molecule has 2 aromatic rings. The number of hydrogen-bond donors (Lipinski definition) is 3. The van der Waals surface area contributed by atoms with Gasteiger partial charge in [0.2, 0.25) is 0 Å². The molecule has 1 aliphatic carbocycles. The van der Waals surface area contributed by atoms with E-state index in [1.807, 2.05) is 12.3 Å². The van der Waals surface area contributed by atoms with Crippen LogP contribution in [-0.2, 0) is 6.42 Å². The van der Waals surface area contributed by atoms with Gasteiger partial charge in [0.15, 0.2) is 5.96 Å². The van der Waals surface area contributed by atoms with Crippen LogP contribution in [0.2, 0.25) is 0 Å². The lowest BCUT2D eigenvalue weighted by Crippen LogP contribution is -2.34. The van der Waals surface area contributed by atoms with Crippen molar-refractivity contribution in [1.82, 2.24) is 10.3 Å². The van der Waals surface area contributed by atoms with Crippen LogP contribution in [0.1, 0.15) is 24.8 Å². The second kappa shape index (κ2) is 7.80. The van der Waals surface area contributed by atoms with Gasteiger partial charge in [0, 0.05) is 30.2 Å². The van der Waals surface area contributed by atoms with Gasteiger partial charge in [0.1, 0.15) is 5.82 Å². The molecular formula is C16H22FIN4. The predicted octanol–water partition coefficient (Wildman–Crippen LogP) is 3.17. The van der Waals surface area contributed by atoms with Crippen molar-refractivity contribution in [3.05, 3.63) is 35.8 Å². The molecule has 1 fully saturated rings. The Labute approximate surface area is 146 Å². The number of nitrogens with zero attached hydrogens (tertiary/aromatic N) is 1. The Morgan fingerprint density at radius 3 is 2.95 bits per heavy atom. The normalized spacial score (nSPS) is 15.4. The van der Waals surface area contributed by atoms with E-state index in [0.29, 0.717) is 5.96 Å². The van der Waals surface area contributed by atoms with Crippen molar-refractivity contribution in [1.29, 1.82) is 0 Å². The monoisotopic (exact) mass is 416 g/mol. The highest BCUT2D eigenvalue weighted by molar-refractivity contribution is 14.0. The van der Waals surface area contributed by atoms with Crippen molar-refractivity contribution >= 4 is 40.8 Å². The third kappa shape index (κ3) is 4.12. The number of fused-ring (bicyclic) bond motifs is 1. The fourth-order valence-electron chi connectivity index (χ4n) is 2.65. The van der Waals surface area contributed by atoms with E-state index in [4.69, 9.17) is 5.73 Å². The van der Waals surface area contributed by atoms with Gasteiger partial charge in [-0.2, -0.15) is 0 Å². The van der Waals surface area contributed by atoms with Crippen molar-refractivity contribution in [2.45, 2.75) is 25.7 Å². The van der Waals surface area contributed by atoms with Gasteiger partial charge in [0.05, 0.1) is 0 Å². The molecule has 0 bridgehead atoms. The topological polar surface area (TPSA) is 66.2 Å². The van der Waals surface area contributed by atoms with Crippen LogP contribution in [0.5, 0.6) is 0 Å². The standard InChI is InChI=1S/C16H21FN4.HI/c17-13-4-5-14-12(10-20-15(14)8-13)6-7-19-16(18)21-9-11-2-1-3-11;/h4-5,8,10-11,20H,1-3,6-7,9H2,(H3,18,19,21);1H. The first kappa shape index (κ1) is 17.1. The van der Waals surface area contributed by atoms with Crippen molar-refractivity contribution in [3.8, 4) is 0 Å². The molecule has 0 spiro atoms. The van der Waals surface area contributed by atoms with Gasteiger partial charge in [-0.25, -0.2) is 4.39 Å². The minimum Gasteiger partial charge on any atom is -0.370 e. The van der Waals surface area contributed by atoms with Crippen molar-refractivity contribution in [3.63, 3.8) is 0 Å². The molecule has 4 N–H and O–H groups in total. The smallest absolute Gasteiger partial charge is 0.188 e. The van der Waals surface area contributed by atoms with E-state index in [-0.39, 0.29) is 29.8 Å². The molecule has 0 aliphatic heterocycles. The SMILES string of the molecule is I.NC(=NCC1CCC1)NCCc1c[nH]c2cc(F)ccc12. The van der Waals surface area contributed by atoms with Crippen molar-refractivity contribution < 1.29 is 4.39 Å². The van der Waals surface area contributed by atoms with Crippen LogP contribution in [0.25, 0.3) is 10.9 Å². The molecular weight excluding hydrogens is 394 g/mol. The maximum absolute atomic E-state index is 13.1. The van der Waals surface area contributed by atoms with Crippen molar-refractivity contribution in [2.24, 2.45) is 16.6 Å². The molecule has 0 atom stereocenters. The Kier molecular flexibility index (Phi) is 6.05. The highest BCUT2D eigenvalue weighted by Gasteiger charge is 2.16. The predicted molar refractivity (Wildman–Crippen MR) is 99.2 cm³/mol. The van der Waals surface area contributed by atoms with E-state index < -0.39 is 0 Å². The van der Waals surface area contributed by atoms with Crippen LogP contribution >= 0.6 is 24.0 Å². The molecule has 1 aromatic carbocycles. The van der Waals surface area contributed by atoms with Crippen LogP contribution in [0.15, 0.2) is 29.4 Å². The summed E-state index contributed by atoms with van der Waals surface area (Å²) in [5.74, 6) is 1.03. The second-order valence-electron chi connectivity index (χ2n) is 5.70. The summed E-state index contributed by atoms with van der Waals surface area (Å²) < 4.78 is 13.1. The number of nitrogens with one attached hydrogen (secondary N) is 2. The van der Waals surface area contributed by atoms with Gasteiger partial charge in [0.25, 0.3) is 0 Å². The lowest BCUT2D eigenvalue weighted by atomic mass is 9.86. The Morgan fingerprint density at radius 1 is 1.41 bits per heavy atom. The summed E-state index contributed by atoms with van der Waals surface area (Å²) in [7, 11) is 0. The van der Waals surface area contributed by atoms with Gasteiger partial charge in [-0.15, -0.1) is 24.0 Å². The van der Waals surface area contributed by atoms with Gasteiger partial charge in [-0.3, -0.25) is 4.99 Å². The zero-order valence-electron chi connectivity index (χ0n) is 12.4. The average Bonchev–Trinajstić information content (AvgIpc) is 2.79. The Morgan fingerprint density at radius 2 is 2.23 bits per heavy atom. The van der Waals surface area contributed by atoms with Crippen LogP contribution in [-0.4, -0.2) is 24.0 Å². The lowest BCUT2D eigenvalue weighted by Gasteiger charge is -2.23. The molecule has 0 unspecified atom stereocenters. The molecule has 4 nitrogen and oxygen atoms in total. The Hall–Kier alpha value is -1.31. The maximum atomic E-state index is 13.1. The Balaban J connectivity index is 0.00000176. The first-order valence-corrected chi connectivity index (χ1v) is 7.51. The van der Waals surface area contributed by atoms with E-state index in [0.717, 1.165) is 41.9 Å². The molecule has 0 radical (unpaired) electrons. The molecule has 1 aliphatic rings. The fourth-order valence-corrected chi connectivity index (χ4v) is 2.65. The highest BCUT2D eigenvalue weighted by Crippen LogP contribution is 2.26. The summed E-state index contributed by atoms with van der Waals surface area (Å²) in [4.78, 5) is 7.46. The number of benzene rings is 1. The van der Waals surface area contributed by atoms with Crippen LogP contribution in [0.4, 0.5) is 4.39 Å². The number of guanidine groups is 1. The minimum atomic E-state index is -0.221. The van der Waals surface area contributed by atoms with Gasteiger partial charge in [-0.05, 0) is 48.9 Å². The van der Waals surface area contributed by atoms with E-state index in [2.05, 4.69) is 15.3 Å². The van der Waals surface area contributed by atoms with E-state index in [1.54, 1.807) is 0 Å². The van der Waals surface area contributed by atoms with Crippen LogP contribution < -0.4 is 11.1 Å². The lowest BCUT2D eigenvalue weighted by molar-refractivity contribution is 0.326. The third-order valence-electron chi connectivity index (χ3n) is 4.17. The summed E-state index contributed by atoms with van der Waals surface area (Å²) in [6.45, 7) is 1.57. The number of hydrogen-bond acceptors (Lipinski definition) is 1. The molecule has 0 saturated heterocycles. The number of halogens is 2. The van der Waals surface area contributed by atoms with Gasteiger partial charge >= 0.3 is 0 Å². The molecule has 3 rings (SSSR count). The second-order valence-corrected chi connectivity index (χ2v) is 5.70. The largest absolute Gasteiger partial charge is 0.370 e. The average molecular weight is 416 g/mol. The quantitative estimate of drug-likeness (QED) is 0.398. The van der Waals surface area contributed by atoms with Crippen LogP contribution in [0, 0.1) is 11.7 Å². The number of aromatic nitrogens is 1. The first-order chi connectivity index (χ1) is 10.2. The number of H-pyrrole nitrogens is 1. The van der Waals surface area contributed by atoms with E-state index in [1.165, 1.54) is 31.4 Å². The number of aromatic amines is 1. The molecule has 0 amide bonds. The molecule has 1 heterocycles. The summed E-state index contributed by atoms with van der Waals surface area (Å²) in [6, 6.07) is 4.81. The Bertz CT molecular complexity index is 649. The zero-order valence-corrected chi connectivity index (χ0v) is 14.8. The number of aliphatic imine (C=N–C) groups is 1. The first-order valence-electron chi connectivity index (χ1n) is 7.51. The van der Waals surface area contributed by atoms with Gasteiger partial charge < -0.3 is 16.0 Å². The minimum absolute atomic E-state index is 0. The summed E-state index contributed by atoms with van der Waals surface area (Å²) >= 11 is 0. The molecule has 120 valence electrons. The highest BCUT2D eigenvalue weighted by atomic mass is 127. The van der Waals surface area contributed by atoms with Crippen molar-refractivity contribution in [2.75, 3.05) is 13.1 Å². The molecule has 6 heteroatoms.